The summed E-state index contributed by atoms with van der Waals surface area (Å²) in [5, 5.41) is 10.0. The third-order valence-electron chi connectivity index (χ3n) is 5.40. The van der Waals surface area contributed by atoms with Crippen molar-refractivity contribution in [3.05, 3.63) is 58.2 Å². The van der Waals surface area contributed by atoms with Gasteiger partial charge < -0.3 is 9.84 Å². The maximum absolute atomic E-state index is 14.5. The summed E-state index contributed by atoms with van der Waals surface area (Å²) in [6, 6.07) is 7.18. The Morgan fingerprint density at radius 2 is 1.73 bits per heavy atom. The Labute approximate surface area is 153 Å². The fourth-order valence-corrected chi connectivity index (χ4v) is 3.80. The molecule has 0 aliphatic carbocycles. The summed E-state index contributed by atoms with van der Waals surface area (Å²) in [6.07, 6.45) is 3.79. The first-order chi connectivity index (χ1) is 12.4. The van der Waals surface area contributed by atoms with E-state index in [9.17, 15) is 13.9 Å². The van der Waals surface area contributed by atoms with Crippen LogP contribution in [0.25, 0.3) is 0 Å². The van der Waals surface area contributed by atoms with E-state index in [0.29, 0.717) is 41.2 Å². The number of phenolic OH excluding ortho intramolecular Hbond substituents is 1. The van der Waals surface area contributed by atoms with E-state index in [-0.39, 0.29) is 17.7 Å². The molecule has 4 heteroatoms. The first-order valence-electron chi connectivity index (χ1n) is 9.34. The van der Waals surface area contributed by atoms with E-state index in [1.165, 1.54) is 0 Å². The van der Waals surface area contributed by atoms with Crippen molar-refractivity contribution in [1.29, 1.82) is 0 Å². The van der Waals surface area contributed by atoms with Crippen molar-refractivity contribution in [2.24, 2.45) is 5.92 Å². The van der Waals surface area contributed by atoms with Gasteiger partial charge in [-0.1, -0.05) is 37.6 Å². The molecular formula is C22H26F2O2. The van der Waals surface area contributed by atoms with Crippen LogP contribution in [0.5, 0.6) is 11.5 Å². The van der Waals surface area contributed by atoms with Crippen molar-refractivity contribution in [1.82, 2.24) is 0 Å². The standard InChI is InChI=1S/C22H26F2O2/c1-4-5-16-12-17-9-7-14(3)20(24)22(17)26-18(16)11-10-15-8-6-13(2)19(23)21(15)25/h6-9,16,18,25H,4-5,10-12H2,1-3H3. The van der Waals surface area contributed by atoms with Gasteiger partial charge >= 0.3 is 0 Å². The number of fused-ring (bicyclic) bond motifs is 1. The molecule has 0 amide bonds. The van der Waals surface area contributed by atoms with Crippen molar-refractivity contribution in [3.8, 4) is 11.5 Å². The second-order valence-corrected chi connectivity index (χ2v) is 7.34. The molecule has 1 aliphatic rings. The van der Waals surface area contributed by atoms with E-state index >= 15 is 0 Å². The lowest BCUT2D eigenvalue weighted by molar-refractivity contribution is 0.0929. The van der Waals surface area contributed by atoms with Crippen LogP contribution in [0.3, 0.4) is 0 Å². The highest BCUT2D eigenvalue weighted by Crippen LogP contribution is 2.38. The van der Waals surface area contributed by atoms with Crippen molar-refractivity contribution < 1.29 is 18.6 Å². The number of benzene rings is 2. The lowest BCUT2D eigenvalue weighted by Crippen LogP contribution is -2.34. The predicted molar refractivity (Wildman–Crippen MR) is 98.8 cm³/mol. The van der Waals surface area contributed by atoms with Crippen LogP contribution in [0.1, 0.15) is 48.4 Å². The molecule has 0 spiro atoms. The Balaban J connectivity index is 1.81. The first kappa shape index (κ1) is 18.7. The summed E-state index contributed by atoms with van der Waals surface area (Å²) in [6.45, 7) is 5.49. The number of aryl methyl sites for hydroxylation is 3. The monoisotopic (exact) mass is 360 g/mol. The molecule has 1 heterocycles. The predicted octanol–water partition coefficient (Wildman–Crippen LogP) is 5.64. The van der Waals surface area contributed by atoms with Gasteiger partial charge in [0.25, 0.3) is 0 Å². The minimum Gasteiger partial charge on any atom is -0.505 e. The lowest BCUT2D eigenvalue weighted by Gasteiger charge is -2.34. The third kappa shape index (κ3) is 3.55. The van der Waals surface area contributed by atoms with Gasteiger partial charge in [-0.2, -0.15) is 0 Å². The zero-order chi connectivity index (χ0) is 18.8. The van der Waals surface area contributed by atoms with Crippen LogP contribution in [-0.2, 0) is 12.8 Å². The minimum absolute atomic E-state index is 0.137. The molecule has 0 aromatic heterocycles. The molecule has 1 aliphatic heterocycles. The summed E-state index contributed by atoms with van der Waals surface area (Å²) in [5.41, 5.74) is 2.50. The summed E-state index contributed by atoms with van der Waals surface area (Å²) < 4.78 is 34.5. The van der Waals surface area contributed by atoms with Gasteiger partial charge in [-0.3, -0.25) is 0 Å². The van der Waals surface area contributed by atoms with Gasteiger partial charge in [0, 0.05) is 5.92 Å². The quantitative estimate of drug-likeness (QED) is 0.748. The van der Waals surface area contributed by atoms with Crippen LogP contribution in [0, 0.1) is 31.4 Å². The van der Waals surface area contributed by atoms with Crippen molar-refractivity contribution >= 4 is 0 Å². The van der Waals surface area contributed by atoms with Gasteiger partial charge in [0.1, 0.15) is 6.10 Å². The molecule has 0 fully saturated rings. The number of phenols is 1. The van der Waals surface area contributed by atoms with Crippen LogP contribution in [0.2, 0.25) is 0 Å². The smallest absolute Gasteiger partial charge is 0.168 e. The van der Waals surface area contributed by atoms with Crippen molar-refractivity contribution in [2.75, 3.05) is 0 Å². The number of ether oxygens (including phenoxy) is 1. The minimum atomic E-state index is -0.566. The van der Waals surface area contributed by atoms with Crippen LogP contribution >= 0.6 is 0 Å². The zero-order valence-electron chi connectivity index (χ0n) is 15.6. The molecule has 0 bridgehead atoms. The van der Waals surface area contributed by atoms with Gasteiger partial charge in [-0.05, 0) is 61.8 Å². The second-order valence-electron chi connectivity index (χ2n) is 7.34. The average molecular weight is 360 g/mol. The third-order valence-corrected chi connectivity index (χ3v) is 5.40. The Morgan fingerprint density at radius 3 is 2.46 bits per heavy atom. The molecule has 3 rings (SSSR count). The normalized spacial score (nSPS) is 19.1. The molecule has 0 radical (unpaired) electrons. The Kier molecular flexibility index (Phi) is 5.49. The van der Waals surface area contributed by atoms with Crippen LogP contribution in [0.15, 0.2) is 24.3 Å². The van der Waals surface area contributed by atoms with Crippen LogP contribution in [0.4, 0.5) is 8.78 Å². The molecule has 26 heavy (non-hydrogen) atoms. The van der Waals surface area contributed by atoms with E-state index in [1.54, 1.807) is 32.0 Å². The molecule has 2 aromatic rings. The molecule has 2 atom stereocenters. The highest BCUT2D eigenvalue weighted by Gasteiger charge is 2.31. The van der Waals surface area contributed by atoms with E-state index in [2.05, 4.69) is 6.92 Å². The van der Waals surface area contributed by atoms with Crippen molar-refractivity contribution in [2.45, 2.75) is 59.0 Å². The Hall–Kier alpha value is -2.10. The number of hydrogen-bond donors (Lipinski definition) is 1. The van der Waals surface area contributed by atoms with Gasteiger partial charge in [-0.25, -0.2) is 8.78 Å². The largest absolute Gasteiger partial charge is 0.505 e. The summed E-state index contributed by atoms with van der Waals surface area (Å²) >= 11 is 0. The number of rotatable bonds is 5. The summed E-state index contributed by atoms with van der Waals surface area (Å²) in [5.74, 6) is -0.472. The van der Waals surface area contributed by atoms with E-state index in [4.69, 9.17) is 4.74 Å². The lowest BCUT2D eigenvalue weighted by atomic mass is 9.84. The SMILES string of the molecule is CCCC1Cc2ccc(C)c(F)c2OC1CCc1ccc(C)c(F)c1O. The molecule has 0 saturated carbocycles. The molecular weight excluding hydrogens is 334 g/mol. The zero-order valence-corrected chi connectivity index (χ0v) is 15.6. The molecule has 2 aromatic carbocycles. The number of hydrogen-bond acceptors (Lipinski definition) is 2. The second kappa shape index (κ2) is 7.65. The van der Waals surface area contributed by atoms with Crippen LogP contribution in [-0.4, -0.2) is 11.2 Å². The topological polar surface area (TPSA) is 29.5 Å². The van der Waals surface area contributed by atoms with E-state index in [1.807, 2.05) is 6.07 Å². The van der Waals surface area contributed by atoms with Crippen molar-refractivity contribution in [3.63, 3.8) is 0 Å². The maximum atomic E-state index is 14.5. The molecule has 2 unspecified atom stereocenters. The fraction of sp³-hybridized carbons (Fsp3) is 0.455. The van der Waals surface area contributed by atoms with Gasteiger partial charge in [0.15, 0.2) is 23.1 Å². The molecule has 1 N–H and O–H groups in total. The Bertz CT molecular complexity index is 801. The van der Waals surface area contributed by atoms with Gasteiger partial charge in [0.05, 0.1) is 0 Å². The van der Waals surface area contributed by atoms with Crippen LogP contribution < -0.4 is 4.74 Å². The van der Waals surface area contributed by atoms with E-state index < -0.39 is 5.82 Å². The number of halogens is 2. The van der Waals surface area contributed by atoms with E-state index in [0.717, 1.165) is 24.8 Å². The molecule has 140 valence electrons. The highest BCUT2D eigenvalue weighted by atomic mass is 19.1. The summed E-state index contributed by atoms with van der Waals surface area (Å²) in [7, 11) is 0. The maximum Gasteiger partial charge on any atom is 0.168 e. The summed E-state index contributed by atoms with van der Waals surface area (Å²) in [4.78, 5) is 0. The first-order valence-corrected chi connectivity index (χ1v) is 9.34. The fourth-order valence-electron chi connectivity index (χ4n) is 3.80. The molecule has 2 nitrogen and oxygen atoms in total. The highest BCUT2D eigenvalue weighted by molar-refractivity contribution is 5.41. The Morgan fingerprint density at radius 1 is 1.04 bits per heavy atom. The molecule has 0 saturated heterocycles. The van der Waals surface area contributed by atoms with Gasteiger partial charge in [0.2, 0.25) is 0 Å². The average Bonchev–Trinajstić information content (AvgIpc) is 2.63. The van der Waals surface area contributed by atoms with Gasteiger partial charge in [-0.15, -0.1) is 0 Å². The number of aromatic hydroxyl groups is 1.